The molecule has 30 heavy (non-hydrogen) atoms. The number of carbonyl (C=O) groups is 1. The van der Waals surface area contributed by atoms with Crippen LogP contribution >= 0.6 is 0 Å². The molecule has 4 nitrogen and oxygen atoms in total. The predicted molar refractivity (Wildman–Crippen MR) is 118 cm³/mol. The van der Waals surface area contributed by atoms with Gasteiger partial charge < -0.3 is 15.3 Å². The van der Waals surface area contributed by atoms with Crippen molar-refractivity contribution in [1.82, 2.24) is 0 Å². The lowest BCUT2D eigenvalue weighted by Gasteiger charge is -2.62. The Morgan fingerprint density at radius 1 is 1.00 bits per heavy atom. The Kier molecular flexibility index (Phi) is 6.07. The topological polar surface area (TPSA) is 77.8 Å². The molecule has 0 aromatic carbocycles. The summed E-state index contributed by atoms with van der Waals surface area (Å²) in [6.45, 7) is 9.21. The van der Waals surface area contributed by atoms with Crippen LogP contribution in [-0.2, 0) is 4.79 Å². The fourth-order valence-electron chi connectivity index (χ4n) is 9.23. The van der Waals surface area contributed by atoms with E-state index in [0.29, 0.717) is 41.9 Å². The molecule has 0 amide bonds. The van der Waals surface area contributed by atoms with E-state index in [2.05, 4.69) is 20.8 Å². The molecule has 4 aliphatic rings. The molecule has 4 heteroatoms. The Hall–Kier alpha value is -0.610. The molecule has 0 aliphatic heterocycles. The number of fused-ring (bicyclic) bond motifs is 5. The van der Waals surface area contributed by atoms with Gasteiger partial charge in [0.1, 0.15) is 0 Å². The molecule has 0 heterocycles. The summed E-state index contributed by atoms with van der Waals surface area (Å²) in [5.41, 5.74) is 0.501. The van der Waals surface area contributed by atoms with Crippen LogP contribution in [0.1, 0.15) is 91.9 Å². The minimum absolute atomic E-state index is 0.182. The Labute approximate surface area is 182 Å². The van der Waals surface area contributed by atoms with Gasteiger partial charge >= 0.3 is 5.97 Å². The average molecular weight is 421 g/mol. The summed E-state index contributed by atoms with van der Waals surface area (Å²) < 4.78 is 0. The van der Waals surface area contributed by atoms with E-state index in [-0.39, 0.29) is 29.0 Å². The SMILES string of the molecule is CCC(C[C@@H](C)[C@H]1CC[C@H]2[C@@H]3[C@H](O)C[C@@H]4C[C@H](O)CC[C@]4(C)[C@H]3CC[C@]12C)C(=O)O. The molecule has 11 atom stereocenters. The lowest BCUT2D eigenvalue weighted by atomic mass is 9.43. The first kappa shape index (κ1) is 22.6. The number of aliphatic hydroxyl groups excluding tert-OH is 2. The molecule has 4 fully saturated rings. The molecule has 0 aromatic rings. The Morgan fingerprint density at radius 2 is 1.67 bits per heavy atom. The summed E-state index contributed by atoms with van der Waals surface area (Å²) in [5, 5.41) is 31.1. The third-order valence-electron chi connectivity index (χ3n) is 10.9. The smallest absolute Gasteiger partial charge is 0.306 e. The summed E-state index contributed by atoms with van der Waals surface area (Å²) in [4.78, 5) is 11.6. The van der Waals surface area contributed by atoms with Crippen molar-refractivity contribution in [1.29, 1.82) is 0 Å². The first-order valence-corrected chi connectivity index (χ1v) is 12.7. The van der Waals surface area contributed by atoms with Gasteiger partial charge in [0.15, 0.2) is 0 Å². The van der Waals surface area contributed by atoms with Crippen LogP contribution < -0.4 is 0 Å². The van der Waals surface area contributed by atoms with Crippen molar-refractivity contribution in [3.8, 4) is 0 Å². The summed E-state index contributed by atoms with van der Waals surface area (Å²) in [6.07, 6.45) is 9.61. The molecule has 1 unspecified atom stereocenters. The minimum Gasteiger partial charge on any atom is -0.481 e. The van der Waals surface area contributed by atoms with Gasteiger partial charge in [0, 0.05) is 0 Å². The zero-order valence-corrected chi connectivity index (χ0v) is 19.5. The van der Waals surface area contributed by atoms with Crippen LogP contribution in [0.4, 0.5) is 0 Å². The number of carboxylic acids is 1. The van der Waals surface area contributed by atoms with Crippen molar-refractivity contribution in [2.45, 2.75) is 104 Å². The third kappa shape index (κ3) is 3.45. The van der Waals surface area contributed by atoms with Gasteiger partial charge in [0.05, 0.1) is 18.1 Å². The lowest BCUT2D eigenvalue weighted by molar-refractivity contribution is -0.174. The van der Waals surface area contributed by atoms with E-state index >= 15 is 0 Å². The van der Waals surface area contributed by atoms with Crippen molar-refractivity contribution in [2.75, 3.05) is 0 Å². The third-order valence-corrected chi connectivity index (χ3v) is 10.9. The summed E-state index contributed by atoms with van der Waals surface area (Å²) in [5.74, 6) is 2.11. The maximum Gasteiger partial charge on any atom is 0.306 e. The number of rotatable bonds is 5. The molecule has 3 N–H and O–H groups in total. The van der Waals surface area contributed by atoms with Crippen LogP contribution in [0.25, 0.3) is 0 Å². The predicted octanol–water partition coefficient (Wildman–Crippen LogP) is 5.11. The van der Waals surface area contributed by atoms with Crippen LogP contribution in [0.5, 0.6) is 0 Å². The molecular formula is C26H44O4. The molecule has 0 aromatic heterocycles. The van der Waals surface area contributed by atoms with E-state index in [0.717, 1.165) is 32.1 Å². The van der Waals surface area contributed by atoms with Gasteiger partial charge in [0.2, 0.25) is 0 Å². The summed E-state index contributed by atoms with van der Waals surface area (Å²) in [7, 11) is 0. The fourth-order valence-corrected chi connectivity index (χ4v) is 9.23. The van der Waals surface area contributed by atoms with Gasteiger partial charge in [-0.1, -0.05) is 27.7 Å². The highest BCUT2D eigenvalue weighted by atomic mass is 16.4. The van der Waals surface area contributed by atoms with E-state index in [1.165, 1.54) is 25.7 Å². The lowest BCUT2D eigenvalue weighted by Crippen LogP contribution is -2.58. The molecular weight excluding hydrogens is 376 g/mol. The normalized spacial score (nSPS) is 50.1. The Balaban J connectivity index is 1.55. The highest BCUT2D eigenvalue weighted by molar-refractivity contribution is 5.69. The van der Waals surface area contributed by atoms with Crippen molar-refractivity contribution < 1.29 is 20.1 Å². The monoisotopic (exact) mass is 420 g/mol. The van der Waals surface area contributed by atoms with Gasteiger partial charge in [-0.15, -0.1) is 0 Å². The van der Waals surface area contributed by atoms with Gasteiger partial charge in [-0.2, -0.15) is 0 Å². The second-order valence-electron chi connectivity index (χ2n) is 12.1. The second-order valence-corrected chi connectivity index (χ2v) is 12.1. The summed E-state index contributed by atoms with van der Waals surface area (Å²) >= 11 is 0. The van der Waals surface area contributed by atoms with E-state index in [1.54, 1.807) is 0 Å². The maximum absolute atomic E-state index is 11.6. The van der Waals surface area contributed by atoms with E-state index in [4.69, 9.17) is 0 Å². The van der Waals surface area contributed by atoms with E-state index in [1.807, 2.05) is 6.92 Å². The van der Waals surface area contributed by atoms with Gasteiger partial charge in [0.25, 0.3) is 0 Å². The molecule has 4 aliphatic carbocycles. The molecule has 0 saturated heterocycles. The van der Waals surface area contributed by atoms with Crippen LogP contribution in [0.3, 0.4) is 0 Å². The number of aliphatic hydroxyl groups is 2. The van der Waals surface area contributed by atoms with E-state index in [9.17, 15) is 20.1 Å². The molecule has 4 rings (SSSR count). The first-order chi connectivity index (χ1) is 14.1. The van der Waals surface area contributed by atoms with Crippen LogP contribution in [0.15, 0.2) is 0 Å². The Morgan fingerprint density at radius 3 is 2.33 bits per heavy atom. The number of hydrogen-bond donors (Lipinski definition) is 3. The van der Waals surface area contributed by atoms with Gasteiger partial charge in [-0.3, -0.25) is 4.79 Å². The molecule has 4 saturated carbocycles. The number of aliphatic carboxylic acids is 1. The fraction of sp³-hybridized carbons (Fsp3) is 0.962. The van der Waals surface area contributed by atoms with Crippen LogP contribution in [0.2, 0.25) is 0 Å². The van der Waals surface area contributed by atoms with Gasteiger partial charge in [-0.05, 0) is 111 Å². The van der Waals surface area contributed by atoms with Crippen molar-refractivity contribution in [2.24, 2.45) is 52.3 Å². The quantitative estimate of drug-likeness (QED) is 0.577. The van der Waals surface area contributed by atoms with Crippen molar-refractivity contribution in [3.05, 3.63) is 0 Å². The highest BCUT2D eigenvalue weighted by Crippen LogP contribution is 2.68. The molecule has 172 valence electrons. The van der Waals surface area contributed by atoms with Crippen molar-refractivity contribution >= 4 is 5.97 Å². The number of hydrogen-bond acceptors (Lipinski definition) is 3. The van der Waals surface area contributed by atoms with Gasteiger partial charge in [-0.25, -0.2) is 0 Å². The average Bonchev–Trinajstić information content (AvgIpc) is 3.04. The number of carboxylic acid groups (broad SMARTS) is 1. The van der Waals surface area contributed by atoms with E-state index < -0.39 is 5.97 Å². The highest BCUT2D eigenvalue weighted by Gasteiger charge is 2.62. The zero-order valence-electron chi connectivity index (χ0n) is 19.5. The molecule has 0 spiro atoms. The Bertz CT molecular complexity index is 649. The standard InChI is InChI=1S/C26H44O4/c1-5-16(24(29)30)12-15(2)19-6-7-20-23-21(9-11-26(19,20)4)25(3)10-8-18(27)13-17(25)14-22(23)28/h15-23,27-28H,5-14H2,1-4H3,(H,29,30)/t15-,16?,17+,18-,19-,20+,21+,22-,23+,25+,26-/m1/s1. The first-order valence-electron chi connectivity index (χ1n) is 12.7. The maximum atomic E-state index is 11.6. The molecule has 0 bridgehead atoms. The molecule has 0 radical (unpaired) electrons. The largest absolute Gasteiger partial charge is 0.481 e. The zero-order chi connectivity index (χ0) is 21.8. The van der Waals surface area contributed by atoms with Crippen molar-refractivity contribution in [3.63, 3.8) is 0 Å². The minimum atomic E-state index is -0.645. The summed E-state index contributed by atoms with van der Waals surface area (Å²) in [6, 6.07) is 0. The second kappa shape index (κ2) is 8.06. The van der Waals surface area contributed by atoms with Crippen LogP contribution in [0, 0.1) is 52.3 Å². The van der Waals surface area contributed by atoms with Crippen LogP contribution in [-0.4, -0.2) is 33.5 Å².